The van der Waals surface area contributed by atoms with Gasteiger partial charge in [-0.2, -0.15) is 0 Å². The van der Waals surface area contributed by atoms with Crippen LogP contribution in [0.1, 0.15) is 32.7 Å². The van der Waals surface area contributed by atoms with Gasteiger partial charge in [0.1, 0.15) is 0 Å². The Bertz CT molecular complexity index is 1130. The van der Waals surface area contributed by atoms with Crippen molar-refractivity contribution < 1.29 is 19.2 Å². The molecule has 2 N–H and O–H groups in total. The minimum absolute atomic E-state index is 0.0582. The third kappa shape index (κ3) is 3.77. The molecule has 3 aromatic rings. The Hall–Kier alpha value is -4.00. The SMILES string of the molecule is O=C(CCN1C(=O)c2ccccc2C1=O)NNC(=O)Cc1cccc2ccccc12. The minimum Gasteiger partial charge on any atom is -0.274 e. The maximum absolute atomic E-state index is 12.3. The van der Waals surface area contributed by atoms with Crippen molar-refractivity contribution in [1.29, 1.82) is 0 Å². The normalized spacial score (nSPS) is 12.7. The zero-order valence-corrected chi connectivity index (χ0v) is 16.1. The third-order valence-corrected chi connectivity index (χ3v) is 5.01. The first-order valence-electron chi connectivity index (χ1n) is 9.54. The predicted octanol–water partition coefficient (Wildman–Crippen LogP) is 2.22. The van der Waals surface area contributed by atoms with E-state index in [-0.39, 0.29) is 25.3 Å². The number of rotatable bonds is 5. The summed E-state index contributed by atoms with van der Waals surface area (Å²) in [5.41, 5.74) is 6.25. The van der Waals surface area contributed by atoms with E-state index >= 15 is 0 Å². The summed E-state index contributed by atoms with van der Waals surface area (Å²) in [6, 6.07) is 20.0. The Morgan fingerprint density at radius 2 is 1.33 bits per heavy atom. The molecule has 150 valence electrons. The van der Waals surface area contributed by atoms with Gasteiger partial charge in [-0.25, -0.2) is 0 Å². The summed E-state index contributed by atoms with van der Waals surface area (Å²) >= 11 is 0. The predicted molar refractivity (Wildman–Crippen MR) is 110 cm³/mol. The summed E-state index contributed by atoms with van der Waals surface area (Å²) in [5.74, 6) is -1.68. The van der Waals surface area contributed by atoms with Gasteiger partial charge in [-0.3, -0.25) is 34.9 Å². The average Bonchev–Trinajstić information content (AvgIpc) is 3.01. The van der Waals surface area contributed by atoms with E-state index in [1.165, 1.54) is 0 Å². The number of carbonyl (C=O) groups excluding carboxylic acids is 4. The van der Waals surface area contributed by atoms with Crippen molar-refractivity contribution in [2.24, 2.45) is 0 Å². The molecule has 0 aliphatic carbocycles. The number of carbonyl (C=O) groups is 4. The fraction of sp³-hybridized carbons (Fsp3) is 0.130. The lowest BCUT2D eigenvalue weighted by atomic mass is 10.0. The molecule has 0 spiro atoms. The molecule has 0 aromatic heterocycles. The molecule has 0 saturated heterocycles. The van der Waals surface area contributed by atoms with E-state index < -0.39 is 17.7 Å². The highest BCUT2D eigenvalue weighted by Gasteiger charge is 2.34. The maximum Gasteiger partial charge on any atom is 0.261 e. The van der Waals surface area contributed by atoms with Crippen LogP contribution in [-0.2, 0) is 16.0 Å². The van der Waals surface area contributed by atoms with Gasteiger partial charge in [-0.15, -0.1) is 0 Å². The number of fused-ring (bicyclic) bond motifs is 2. The van der Waals surface area contributed by atoms with Crippen molar-refractivity contribution in [1.82, 2.24) is 15.8 Å². The Morgan fingerprint density at radius 1 is 0.733 bits per heavy atom. The number of imide groups is 1. The molecule has 4 amide bonds. The summed E-state index contributed by atoms with van der Waals surface area (Å²) < 4.78 is 0. The van der Waals surface area contributed by atoms with Gasteiger partial charge in [0, 0.05) is 13.0 Å². The monoisotopic (exact) mass is 401 g/mol. The van der Waals surface area contributed by atoms with E-state index in [2.05, 4.69) is 10.9 Å². The highest BCUT2D eigenvalue weighted by molar-refractivity contribution is 6.21. The third-order valence-electron chi connectivity index (χ3n) is 5.01. The van der Waals surface area contributed by atoms with Crippen LogP contribution in [0.3, 0.4) is 0 Å². The molecule has 3 aromatic carbocycles. The van der Waals surface area contributed by atoms with Crippen LogP contribution in [0.15, 0.2) is 66.7 Å². The van der Waals surface area contributed by atoms with Gasteiger partial charge in [0.25, 0.3) is 11.8 Å². The maximum atomic E-state index is 12.3. The molecule has 7 nitrogen and oxygen atoms in total. The fourth-order valence-electron chi connectivity index (χ4n) is 3.52. The Balaban J connectivity index is 1.29. The van der Waals surface area contributed by atoms with Crippen LogP contribution in [0.25, 0.3) is 10.8 Å². The van der Waals surface area contributed by atoms with Crippen molar-refractivity contribution in [3.63, 3.8) is 0 Å². The lowest BCUT2D eigenvalue weighted by molar-refractivity contribution is -0.128. The van der Waals surface area contributed by atoms with Crippen LogP contribution in [0, 0.1) is 0 Å². The molecule has 1 aliphatic heterocycles. The minimum atomic E-state index is -0.488. The lowest BCUT2D eigenvalue weighted by Gasteiger charge is -2.14. The molecule has 0 unspecified atom stereocenters. The second-order valence-corrected chi connectivity index (χ2v) is 6.97. The zero-order chi connectivity index (χ0) is 21.1. The molecule has 0 radical (unpaired) electrons. The van der Waals surface area contributed by atoms with Crippen molar-refractivity contribution >= 4 is 34.4 Å². The molecule has 1 heterocycles. The molecular weight excluding hydrogens is 382 g/mol. The van der Waals surface area contributed by atoms with Gasteiger partial charge in [0.05, 0.1) is 17.5 Å². The molecular formula is C23H19N3O4. The Kier molecular flexibility index (Phi) is 5.26. The standard InChI is InChI=1S/C23H19N3O4/c27-20(12-13-26-22(29)18-10-3-4-11-19(18)23(26)30)24-25-21(28)14-16-8-5-7-15-6-1-2-9-17(15)16/h1-11H,12-14H2,(H,24,27)(H,25,28). The van der Waals surface area contributed by atoms with Gasteiger partial charge >= 0.3 is 0 Å². The largest absolute Gasteiger partial charge is 0.274 e. The number of hydrogen-bond donors (Lipinski definition) is 2. The van der Waals surface area contributed by atoms with Gasteiger partial charge in [0.15, 0.2) is 0 Å². The summed E-state index contributed by atoms with van der Waals surface area (Å²) in [5, 5.41) is 2.01. The van der Waals surface area contributed by atoms with E-state index in [1.807, 2.05) is 42.5 Å². The number of nitrogens with one attached hydrogen (secondary N) is 2. The highest BCUT2D eigenvalue weighted by Crippen LogP contribution is 2.22. The summed E-state index contributed by atoms with van der Waals surface area (Å²) in [7, 11) is 0. The fourth-order valence-corrected chi connectivity index (χ4v) is 3.52. The topological polar surface area (TPSA) is 95.6 Å². The average molecular weight is 401 g/mol. The molecule has 0 atom stereocenters. The smallest absolute Gasteiger partial charge is 0.261 e. The molecule has 7 heteroatoms. The second-order valence-electron chi connectivity index (χ2n) is 6.97. The second kappa shape index (κ2) is 8.16. The number of amides is 4. The van der Waals surface area contributed by atoms with Gasteiger partial charge < -0.3 is 0 Å². The van der Waals surface area contributed by atoms with Crippen LogP contribution in [0.4, 0.5) is 0 Å². The Morgan fingerprint density at radius 3 is 2.07 bits per heavy atom. The van der Waals surface area contributed by atoms with Gasteiger partial charge in [-0.05, 0) is 28.5 Å². The first-order valence-corrected chi connectivity index (χ1v) is 9.54. The number of benzene rings is 3. The Labute approximate surface area is 172 Å². The zero-order valence-electron chi connectivity index (χ0n) is 16.1. The number of hydrazine groups is 1. The summed E-state index contributed by atoms with van der Waals surface area (Å²) in [6.45, 7) is -0.0582. The van der Waals surface area contributed by atoms with E-state index in [0.717, 1.165) is 21.2 Å². The number of hydrogen-bond acceptors (Lipinski definition) is 4. The van der Waals surface area contributed by atoms with Crippen molar-refractivity contribution in [2.75, 3.05) is 6.54 Å². The van der Waals surface area contributed by atoms with Crippen LogP contribution in [0.5, 0.6) is 0 Å². The molecule has 0 saturated carbocycles. The van der Waals surface area contributed by atoms with Crippen molar-refractivity contribution in [3.05, 3.63) is 83.4 Å². The molecule has 4 rings (SSSR count). The van der Waals surface area contributed by atoms with Gasteiger partial charge in [0.2, 0.25) is 11.8 Å². The quantitative estimate of drug-likeness (QED) is 0.506. The van der Waals surface area contributed by atoms with Crippen molar-refractivity contribution in [2.45, 2.75) is 12.8 Å². The van der Waals surface area contributed by atoms with Crippen LogP contribution in [-0.4, -0.2) is 35.1 Å². The first kappa shape index (κ1) is 19.3. The lowest BCUT2D eigenvalue weighted by Crippen LogP contribution is -2.44. The van der Waals surface area contributed by atoms with E-state index in [9.17, 15) is 19.2 Å². The summed E-state index contributed by atoms with van der Waals surface area (Å²) in [6.07, 6.45) is 0.0000554. The van der Waals surface area contributed by atoms with E-state index in [1.54, 1.807) is 24.3 Å². The molecule has 30 heavy (non-hydrogen) atoms. The van der Waals surface area contributed by atoms with Crippen LogP contribution >= 0.6 is 0 Å². The summed E-state index contributed by atoms with van der Waals surface area (Å²) in [4.78, 5) is 50.0. The van der Waals surface area contributed by atoms with Crippen molar-refractivity contribution in [3.8, 4) is 0 Å². The van der Waals surface area contributed by atoms with Crippen LogP contribution in [0.2, 0.25) is 0 Å². The molecule has 0 bridgehead atoms. The van der Waals surface area contributed by atoms with Crippen LogP contribution < -0.4 is 10.9 Å². The van der Waals surface area contributed by atoms with E-state index in [0.29, 0.717) is 11.1 Å². The van der Waals surface area contributed by atoms with Gasteiger partial charge in [-0.1, -0.05) is 54.6 Å². The number of nitrogens with zero attached hydrogens (tertiary/aromatic N) is 1. The highest BCUT2D eigenvalue weighted by atomic mass is 16.2. The molecule has 0 fully saturated rings. The first-order chi connectivity index (χ1) is 14.5. The van der Waals surface area contributed by atoms with E-state index in [4.69, 9.17) is 0 Å². The molecule has 1 aliphatic rings.